The maximum absolute atomic E-state index is 13.0. The first-order valence-corrected chi connectivity index (χ1v) is 11.4. The molecule has 5 rings (SSSR count). The predicted octanol–water partition coefficient (Wildman–Crippen LogP) is 3.04. The fourth-order valence-corrected chi connectivity index (χ4v) is 4.49. The minimum absolute atomic E-state index is 0.0126. The number of phenols is 1. The fourth-order valence-electron chi connectivity index (χ4n) is 4.49. The first-order chi connectivity index (χ1) is 17.4. The molecule has 0 unspecified atom stereocenters. The number of carbonyl (C=O) groups excluding carboxylic acids is 3. The number of fused-ring (bicyclic) bond motifs is 1. The Morgan fingerprint density at radius 3 is 2.50 bits per heavy atom. The molecule has 0 saturated carbocycles. The van der Waals surface area contributed by atoms with Gasteiger partial charge in [0.15, 0.2) is 0 Å². The van der Waals surface area contributed by atoms with E-state index in [2.05, 4.69) is 22.5 Å². The first kappa shape index (κ1) is 23.0. The number of ether oxygens (including phenoxy) is 1. The van der Waals surface area contributed by atoms with E-state index in [4.69, 9.17) is 4.74 Å². The largest absolute Gasteiger partial charge is 0.507 e. The van der Waals surface area contributed by atoms with Crippen molar-refractivity contribution in [2.45, 2.75) is 18.5 Å². The van der Waals surface area contributed by atoms with E-state index in [1.165, 1.54) is 12.0 Å². The van der Waals surface area contributed by atoms with Crippen LogP contribution in [0.5, 0.6) is 11.5 Å². The molecule has 0 radical (unpaired) electrons. The third-order valence-electron chi connectivity index (χ3n) is 6.39. The molecule has 1 fully saturated rings. The molecule has 2 aliphatic rings. The van der Waals surface area contributed by atoms with Gasteiger partial charge in [-0.05, 0) is 41.5 Å². The second-order valence-corrected chi connectivity index (χ2v) is 8.75. The van der Waals surface area contributed by atoms with Gasteiger partial charge in [0.05, 0.1) is 13.7 Å². The van der Waals surface area contributed by atoms with E-state index in [-0.39, 0.29) is 24.6 Å². The lowest BCUT2D eigenvalue weighted by atomic mass is 9.94. The number of nitrogens with one attached hydrogen (secondary N) is 2. The number of nitrogens with zero attached hydrogens (tertiary/aromatic N) is 1. The van der Waals surface area contributed by atoms with Crippen LogP contribution < -0.4 is 15.4 Å². The van der Waals surface area contributed by atoms with E-state index in [9.17, 15) is 19.5 Å². The van der Waals surface area contributed by atoms with Crippen LogP contribution in [0.3, 0.4) is 0 Å². The molecular weight excluding hydrogens is 458 g/mol. The number of phenolic OH excluding ortho intramolecular Hbond substituents is 1. The predicted molar refractivity (Wildman–Crippen MR) is 132 cm³/mol. The molecule has 1 atom stereocenters. The van der Waals surface area contributed by atoms with Crippen LogP contribution >= 0.6 is 0 Å². The van der Waals surface area contributed by atoms with Crippen LogP contribution in [0.15, 0.2) is 66.7 Å². The van der Waals surface area contributed by atoms with Gasteiger partial charge in [0.1, 0.15) is 17.0 Å². The summed E-state index contributed by atoms with van der Waals surface area (Å²) in [7, 11) is 1.53. The lowest BCUT2D eigenvalue weighted by molar-refractivity contribution is -0.124. The van der Waals surface area contributed by atoms with Crippen LogP contribution in [0.2, 0.25) is 0 Å². The lowest BCUT2D eigenvalue weighted by Crippen LogP contribution is -2.55. The molecule has 0 aromatic heterocycles. The van der Waals surface area contributed by atoms with Crippen molar-refractivity contribution in [2.24, 2.45) is 0 Å². The molecular formula is C28H23N3O5. The molecule has 4 amide bonds. The van der Waals surface area contributed by atoms with E-state index in [0.717, 1.165) is 16.7 Å². The Bertz CT molecular complexity index is 1440. The second kappa shape index (κ2) is 9.12. The van der Waals surface area contributed by atoms with Gasteiger partial charge in [0.25, 0.3) is 11.8 Å². The summed E-state index contributed by atoms with van der Waals surface area (Å²) in [6.45, 7) is 0.311. The summed E-state index contributed by atoms with van der Waals surface area (Å²) in [6.07, 6.45) is 0.0231. The standard InChI is InChI=1S/C28H23N3O5/c1-36-21-13-12-20-16-31(25(33)23(20)15-21)17-28(26(34)29-27(35)30-28)14-4-5-18-8-10-19(11-9-18)22-6-2-3-7-24(22)32/h2-3,6-13,15,32H,14,16-17H2,1H3,(H2,29,30,34,35)/t28-/m1/s1. The van der Waals surface area contributed by atoms with Crippen molar-refractivity contribution in [1.82, 2.24) is 15.5 Å². The minimum Gasteiger partial charge on any atom is -0.507 e. The summed E-state index contributed by atoms with van der Waals surface area (Å²) in [5.41, 5.74) is 2.27. The van der Waals surface area contributed by atoms with Gasteiger partial charge >= 0.3 is 6.03 Å². The van der Waals surface area contributed by atoms with Crippen molar-refractivity contribution in [3.8, 4) is 34.5 Å². The van der Waals surface area contributed by atoms with Crippen molar-refractivity contribution in [1.29, 1.82) is 0 Å². The maximum atomic E-state index is 13.0. The molecule has 3 aromatic rings. The van der Waals surface area contributed by atoms with E-state index in [0.29, 0.717) is 23.4 Å². The number of imide groups is 1. The number of hydrogen-bond donors (Lipinski definition) is 3. The average Bonchev–Trinajstić information content (AvgIpc) is 3.33. The van der Waals surface area contributed by atoms with E-state index in [1.54, 1.807) is 24.3 Å². The van der Waals surface area contributed by atoms with Gasteiger partial charge in [-0.25, -0.2) is 4.79 Å². The van der Waals surface area contributed by atoms with Crippen LogP contribution in [0.25, 0.3) is 11.1 Å². The minimum atomic E-state index is -1.36. The zero-order valence-corrected chi connectivity index (χ0v) is 19.5. The van der Waals surface area contributed by atoms with E-state index >= 15 is 0 Å². The van der Waals surface area contributed by atoms with Crippen molar-refractivity contribution in [2.75, 3.05) is 13.7 Å². The average molecular weight is 482 g/mol. The number of rotatable bonds is 5. The molecule has 2 heterocycles. The Balaban J connectivity index is 1.34. The van der Waals surface area contributed by atoms with Crippen molar-refractivity contribution < 1.29 is 24.2 Å². The number of benzene rings is 3. The highest BCUT2D eigenvalue weighted by Crippen LogP contribution is 2.30. The number of urea groups is 1. The molecule has 0 aliphatic carbocycles. The molecule has 1 saturated heterocycles. The van der Waals surface area contributed by atoms with Gasteiger partial charge in [0, 0.05) is 29.7 Å². The molecule has 8 heteroatoms. The maximum Gasteiger partial charge on any atom is 0.322 e. The number of methoxy groups -OCH3 is 1. The van der Waals surface area contributed by atoms with Crippen LogP contribution in [-0.4, -0.2) is 47.0 Å². The molecule has 0 bridgehead atoms. The van der Waals surface area contributed by atoms with Crippen molar-refractivity contribution in [3.63, 3.8) is 0 Å². The molecule has 3 aromatic carbocycles. The highest BCUT2D eigenvalue weighted by Gasteiger charge is 2.48. The summed E-state index contributed by atoms with van der Waals surface area (Å²) in [4.78, 5) is 39.4. The van der Waals surface area contributed by atoms with Gasteiger partial charge < -0.3 is 20.1 Å². The quantitative estimate of drug-likeness (QED) is 0.384. The van der Waals surface area contributed by atoms with Crippen LogP contribution in [0.4, 0.5) is 4.79 Å². The zero-order valence-electron chi connectivity index (χ0n) is 19.5. The molecule has 36 heavy (non-hydrogen) atoms. The topological polar surface area (TPSA) is 108 Å². The molecule has 3 N–H and O–H groups in total. The van der Waals surface area contributed by atoms with Gasteiger partial charge in [-0.2, -0.15) is 0 Å². The Kier molecular flexibility index (Phi) is 5.82. The summed E-state index contributed by atoms with van der Waals surface area (Å²) < 4.78 is 5.22. The molecule has 0 spiro atoms. The second-order valence-electron chi connectivity index (χ2n) is 8.75. The van der Waals surface area contributed by atoms with Crippen LogP contribution in [-0.2, 0) is 11.3 Å². The smallest absolute Gasteiger partial charge is 0.322 e. The fraction of sp³-hybridized carbons (Fsp3) is 0.179. The van der Waals surface area contributed by atoms with Gasteiger partial charge in [-0.15, -0.1) is 0 Å². The first-order valence-electron chi connectivity index (χ1n) is 11.4. The third-order valence-corrected chi connectivity index (χ3v) is 6.39. The van der Waals surface area contributed by atoms with Crippen LogP contribution in [0, 0.1) is 11.8 Å². The number of aromatic hydroxyl groups is 1. The van der Waals surface area contributed by atoms with Gasteiger partial charge in [-0.3, -0.25) is 14.9 Å². The Morgan fingerprint density at radius 2 is 1.81 bits per heavy atom. The van der Waals surface area contributed by atoms with Gasteiger partial charge in [-0.1, -0.05) is 48.2 Å². The number of carbonyl (C=O) groups is 3. The monoisotopic (exact) mass is 481 g/mol. The van der Waals surface area contributed by atoms with E-state index < -0.39 is 17.5 Å². The van der Waals surface area contributed by atoms with E-state index in [1.807, 2.05) is 42.5 Å². The van der Waals surface area contributed by atoms with Crippen LogP contribution in [0.1, 0.15) is 27.9 Å². The molecule has 2 aliphatic heterocycles. The third kappa shape index (κ3) is 4.23. The highest BCUT2D eigenvalue weighted by atomic mass is 16.5. The summed E-state index contributed by atoms with van der Waals surface area (Å²) in [6, 6.07) is 19.1. The van der Waals surface area contributed by atoms with Gasteiger partial charge in [0.2, 0.25) is 0 Å². The number of para-hydroxylation sites is 1. The highest BCUT2D eigenvalue weighted by molar-refractivity contribution is 6.08. The number of amides is 4. The Labute approximate surface area is 207 Å². The Hall–Kier alpha value is -4.77. The Morgan fingerprint density at radius 1 is 1.03 bits per heavy atom. The summed E-state index contributed by atoms with van der Waals surface area (Å²) >= 11 is 0. The SMILES string of the molecule is COc1ccc2c(c1)C(=O)N(C[C@@]1(CC#Cc3ccc(-c4ccccc4O)cc3)NC(=O)NC1=O)C2. The normalized spacial score (nSPS) is 18.2. The number of hydrogen-bond acceptors (Lipinski definition) is 5. The van der Waals surface area contributed by atoms with Crippen molar-refractivity contribution in [3.05, 3.63) is 83.4 Å². The zero-order chi connectivity index (χ0) is 25.3. The lowest BCUT2D eigenvalue weighted by Gasteiger charge is -2.29. The molecule has 8 nitrogen and oxygen atoms in total. The van der Waals surface area contributed by atoms with Crippen molar-refractivity contribution >= 4 is 17.8 Å². The molecule has 180 valence electrons. The summed E-state index contributed by atoms with van der Waals surface area (Å²) in [5, 5.41) is 15.0. The summed E-state index contributed by atoms with van der Waals surface area (Å²) in [5.74, 6) is 6.05.